The van der Waals surface area contributed by atoms with Crippen LogP contribution in [0.1, 0.15) is 24.5 Å². The van der Waals surface area contributed by atoms with E-state index in [4.69, 9.17) is 0 Å². The van der Waals surface area contributed by atoms with Gasteiger partial charge in [0.25, 0.3) is 0 Å². The molecule has 134 valence electrons. The maximum absolute atomic E-state index is 12.7. The molecule has 0 bridgehead atoms. The van der Waals surface area contributed by atoms with E-state index < -0.39 is 0 Å². The van der Waals surface area contributed by atoms with Gasteiger partial charge >= 0.3 is 0 Å². The first-order valence-electron chi connectivity index (χ1n) is 9.10. The molecule has 0 aliphatic carbocycles. The lowest BCUT2D eigenvalue weighted by atomic mass is 9.96. The van der Waals surface area contributed by atoms with Crippen LogP contribution in [0.2, 0.25) is 0 Å². The van der Waals surface area contributed by atoms with E-state index in [9.17, 15) is 9.90 Å². The van der Waals surface area contributed by atoms with E-state index in [1.807, 2.05) is 42.5 Å². The number of benzene rings is 2. The van der Waals surface area contributed by atoms with Gasteiger partial charge in [0.1, 0.15) is 5.76 Å². The van der Waals surface area contributed by atoms with E-state index in [-0.39, 0.29) is 11.5 Å². The van der Waals surface area contributed by atoms with Crippen LogP contribution in [0.25, 0.3) is 5.76 Å². The molecular weight excluding hydrogens is 322 g/mol. The molecule has 3 rings (SSSR count). The Kier molecular flexibility index (Phi) is 6.03. The molecule has 0 spiro atoms. The largest absolute Gasteiger partial charge is 0.507 e. The fourth-order valence-electron chi connectivity index (χ4n) is 3.21. The predicted octanol–water partition coefficient (Wildman–Crippen LogP) is 4.42. The molecule has 0 fully saturated rings. The van der Waals surface area contributed by atoms with E-state index >= 15 is 0 Å². The van der Waals surface area contributed by atoms with Crippen molar-refractivity contribution >= 4 is 11.5 Å². The highest BCUT2D eigenvalue weighted by Gasteiger charge is 2.20. The van der Waals surface area contributed by atoms with Gasteiger partial charge in [0, 0.05) is 30.8 Å². The summed E-state index contributed by atoms with van der Waals surface area (Å²) in [5.41, 5.74) is 3.24. The summed E-state index contributed by atoms with van der Waals surface area (Å²) in [6.45, 7) is 4.36. The highest BCUT2D eigenvalue weighted by Crippen LogP contribution is 2.21. The molecule has 3 heteroatoms. The normalized spacial score (nSPS) is 16.0. The van der Waals surface area contributed by atoms with Crippen molar-refractivity contribution in [1.82, 2.24) is 4.90 Å². The number of rotatable bonds is 6. The minimum atomic E-state index is -0.0472. The van der Waals surface area contributed by atoms with Gasteiger partial charge in [-0.3, -0.25) is 9.69 Å². The minimum Gasteiger partial charge on any atom is -0.507 e. The Balaban J connectivity index is 1.60. The molecule has 0 saturated carbocycles. The van der Waals surface area contributed by atoms with Crippen LogP contribution in [0, 0.1) is 0 Å². The summed E-state index contributed by atoms with van der Waals surface area (Å²) in [6, 6.07) is 19.7. The summed E-state index contributed by atoms with van der Waals surface area (Å²) in [6.07, 6.45) is 3.76. The Bertz CT molecular complexity index is 807. The predicted molar refractivity (Wildman–Crippen MR) is 106 cm³/mol. The molecule has 0 aromatic heterocycles. The van der Waals surface area contributed by atoms with Crippen LogP contribution in [0.15, 0.2) is 77.9 Å². The van der Waals surface area contributed by atoms with Crippen molar-refractivity contribution in [3.05, 3.63) is 89.0 Å². The van der Waals surface area contributed by atoms with Gasteiger partial charge in [0.2, 0.25) is 0 Å². The molecule has 0 radical (unpaired) electrons. The lowest BCUT2D eigenvalue weighted by molar-refractivity contribution is -0.112. The summed E-state index contributed by atoms with van der Waals surface area (Å²) in [5.74, 6) is 0.0251. The topological polar surface area (TPSA) is 40.5 Å². The summed E-state index contributed by atoms with van der Waals surface area (Å²) in [7, 11) is 0. The third-order valence-electron chi connectivity index (χ3n) is 4.89. The smallest absolute Gasteiger partial charge is 0.188 e. The molecule has 0 saturated heterocycles. The Labute approximate surface area is 155 Å². The zero-order valence-electron chi connectivity index (χ0n) is 15.2. The molecule has 26 heavy (non-hydrogen) atoms. The first-order chi connectivity index (χ1) is 12.6. The van der Waals surface area contributed by atoms with Crippen LogP contribution in [0.4, 0.5) is 0 Å². The van der Waals surface area contributed by atoms with Crippen LogP contribution in [0.3, 0.4) is 0 Å². The Morgan fingerprint density at radius 3 is 2.31 bits per heavy atom. The van der Waals surface area contributed by atoms with Gasteiger partial charge in [-0.05, 0) is 30.9 Å². The molecule has 0 atom stereocenters. The number of carbonyl (C=O) groups excluding carboxylic acids is 1. The van der Waals surface area contributed by atoms with Gasteiger partial charge in [0.05, 0.1) is 0 Å². The Hall–Kier alpha value is -2.65. The lowest BCUT2D eigenvalue weighted by Gasteiger charge is -2.26. The second kappa shape index (κ2) is 8.63. The third kappa shape index (κ3) is 4.50. The number of nitrogens with zero attached hydrogens (tertiary/aromatic N) is 1. The van der Waals surface area contributed by atoms with Crippen LogP contribution in [0.5, 0.6) is 0 Å². The summed E-state index contributed by atoms with van der Waals surface area (Å²) < 4.78 is 0. The number of hydrogen-bond donors (Lipinski definition) is 1. The van der Waals surface area contributed by atoms with E-state index in [1.54, 1.807) is 6.92 Å². The molecular formula is C23H25NO2. The fraction of sp³-hybridized carbons (Fsp3) is 0.261. The molecule has 0 unspecified atom stereocenters. The molecule has 1 heterocycles. The van der Waals surface area contributed by atoms with E-state index in [0.717, 1.165) is 38.0 Å². The monoisotopic (exact) mass is 347 g/mol. The van der Waals surface area contributed by atoms with Crippen LogP contribution in [-0.2, 0) is 11.2 Å². The SMILES string of the molecule is C/C(C(=O)C1=CCN(CCc2ccccc2)CC1)=C(/O)c1ccccc1. The van der Waals surface area contributed by atoms with Gasteiger partial charge in [-0.2, -0.15) is 0 Å². The van der Waals surface area contributed by atoms with Crippen molar-refractivity contribution in [2.24, 2.45) is 0 Å². The van der Waals surface area contributed by atoms with E-state index in [0.29, 0.717) is 11.1 Å². The third-order valence-corrected chi connectivity index (χ3v) is 4.89. The average Bonchev–Trinajstić information content (AvgIpc) is 2.72. The second-order valence-electron chi connectivity index (χ2n) is 6.68. The quantitative estimate of drug-likeness (QED) is 0.621. The van der Waals surface area contributed by atoms with Crippen LogP contribution < -0.4 is 0 Å². The maximum Gasteiger partial charge on any atom is 0.188 e. The number of aliphatic hydroxyl groups excluding tert-OH is 1. The van der Waals surface area contributed by atoms with Crippen molar-refractivity contribution in [1.29, 1.82) is 0 Å². The molecule has 0 amide bonds. The molecule has 3 nitrogen and oxygen atoms in total. The number of carbonyl (C=O) groups is 1. The van der Waals surface area contributed by atoms with Gasteiger partial charge < -0.3 is 5.11 Å². The Morgan fingerprint density at radius 2 is 1.69 bits per heavy atom. The van der Waals surface area contributed by atoms with Gasteiger partial charge in [-0.25, -0.2) is 0 Å². The minimum absolute atomic E-state index is 0.0472. The van der Waals surface area contributed by atoms with E-state index in [1.165, 1.54) is 5.56 Å². The van der Waals surface area contributed by atoms with Crippen LogP contribution in [-0.4, -0.2) is 35.4 Å². The number of ketones is 1. The fourth-order valence-corrected chi connectivity index (χ4v) is 3.21. The number of Topliss-reactive ketones (excluding diaryl/α,β-unsaturated/α-hetero) is 1. The number of aliphatic hydroxyl groups is 1. The van der Waals surface area contributed by atoms with E-state index in [2.05, 4.69) is 29.2 Å². The average molecular weight is 347 g/mol. The number of hydrogen-bond acceptors (Lipinski definition) is 3. The van der Waals surface area contributed by atoms with Crippen molar-refractivity contribution in [3.63, 3.8) is 0 Å². The van der Waals surface area contributed by atoms with Gasteiger partial charge in [0.15, 0.2) is 5.78 Å². The summed E-state index contributed by atoms with van der Waals surface area (Å²) in [5, 5.41) is 10.4. The summed E-state index contributed by atoms with van der Waals surface area (Å²) in [4.78, 5) is 15.1. The van der Waals surface area contributed by atoms with Crippen molar-refractivity contribution in [2.45, 2.75) is 19.8 Å². The molecule has 1 aliphatic heterocycles. The van der Waals surface area contributed by atoms with Crippen LogP contribution >= 0.6 is 0 Å². The van der Waals surface area contributed by atoms with Gasteiger partial charge in [-0.1, -0.05) is 66.7 Å². The molecule has 1 N–H and O–H groups in total. The zero-order chi connectivity index (χ0) is 18.4. The Morgan fingerprint density at radius 1 is 1.04 bits per heavy atom. The second-order valence-corrected chi connectivity index (χ2v) is 6.68. The highest BCUT2D eigenvalue weighted by atomic mass is 16.3. The molecule has 2 aromatic carbocycles. The first-order valence-corrected chi connectivity index (χ1v) is 9.10. The molecule has 2 aromatic rings. The zero-order valence-corrected chi connectivity index (χ0v) is 15.2. The van der Waals surface area contributed by atoms with Crippen molar-refractivity contribution in [2.75, 3.05) is 19.6 Å². The summed E-state index contributed by atoms with van der Waals surface area (Å²) >= 11 is 0. The van der Waals surface area contributed by atoms with Crippen molar-refractivity contribution in [3.8, 4) is 0 Å². The van der Waals surface area contributed by atoms with Crippen molar-refractivity contribution < 1.29 is 9.90 Å². The number of allylic oxidation sites excluding steroid dienone is 1. The molecule has 1 aliphatic rings. The maximum atomic E-state index is 12.7. The standard InChI is InChI=1S/C23H25NO2/c1-18(22(25)20-10-6-3-7-11-20)23(26)21-13-16-24(17-14-21)15-12-19-8-4-2-5-9-19/h2-11,13,25H,12,14-17H2,1H3/b22-18-. The lowest BCUT2D eigenvalue weighted by Crippen LogP contribution is -2.32. The highest BCUT2D eigenvalue weighted by molar-refractivity contribution is 6.11. The first kappa shape index (κ1) is 18.2. The van der Waals surface area contributed by atoms with Gasteiger partial charge in [-0.15, -0.1) is 0 Å².